The summed E-state index contributed by atoms with van der Waals surface area (Å²) >= 11 is 1.68. The zero-order chi connectivity index (χ0) is 19.7. The number of thiazole rings is 1. The molecule has 0 saturated carbocycles. The monoisotopic (exact) mass is 396 g/mol. The van der Waals surface area contributed by atoms with Crippen LogP contribution in [0, 0.1) is 0 Å². The third-order valence-electron chi connectivity index (χ3n) is 4.88. The zero-order valence-corrected chi connectivity index (χ0v) is 17.2. The third-order valence-corrected chi connectivity index (χ3v) is 6.02. The Morgan fingerprint density at radius 3 is 2.79 bits per heavy atom. The highest BCUT2D eigenvalue weighted by Gasteiger charge is 2.33. The van der Waals surface area contributed by atoms with Gasteiger partial charge in [-0.3, -0.25) is 4.79 Å². The molecule has 2 heterocycles. The van der Waals surface area contributed by atoms with Crippen LogP contribution in [-0.4, -0.2) is 35.5 Å². The minimum Gasteiger partial charge on any atom is -0.493 e. The Bertz CT molecular complexity index is 965. The molecule has 1 saturated heterocycles. The van der Waals surface area contributed by atoms with Gasteiger partial charge in [0.1, 0.15) is 5.01 Å². The fraction of sp³-hybridized carbons (Fsp3) is 0.364. The molecule has 1 aliphatic rings. The van der Waals surface area contributed by atoms with E-state index in [4.69, 9.17) is 14.5 Å². The number of amides is 1. The average Bonchev–Trinajstić information content (AvgIpc) is 3.33. The number of nitrogens with zero attached hydrogens (tertiary/aromatic N) is 2. The minimum atomic E-state index is 0.0103. The minimum absolute atomic E-state index is 0.0103. The van der Waals surface area contributed by atoms with Gasteiger partial charge in [0, 0.05) is 12.1 Å². The number of hydrogen-bond acceptors (Lipinski definition) is 5. The van der Waals surface area contributed by atoms with Gasteiger partial charge in [0.15, 0.2) is 11.5 Å². The Morgan fingerprint density at radius 1 is 1.21 bits per heavy atom. The van der Waals surface area contributed by atoms with E-state index in [1.54, 1.807) is 24.5 Å². The number of carbonyl (C=O) groups is 1. The van der Waals surface area contributed by atoms with Gasteiger partial charge in [-0.15, -0.1) is 11.3 Å². The number of fused-ring (bicyclic) bond motifs is 1. The van der Waals surface area contributed by atoms with E-state index in [9.17, 15) is 4.79 Å². The second-order valence-electron chi connectivity index (χ2n) is 7.21. The number of benzene rings is 2. The van der Waals surface area contributed by atoms with Crippen molar-refractivity contribution >= 4 is 27.5 Å². The van der Waals surface area contributed by atoms with Crippen LogP contribution < -0.4 is 9.47 Å². The summed E-state index contributed by atoms with van der Waals surface area (Å²) in [5, 5.41) is 1.01. The first-order valence-electron chi connectivity index (χ1n) is 9.58. The van der Waals surface area contributed by atoms with Crippen LogP contribution in [0.2, 0.25) is 0 Å². The number of ether oxygens (including phenoxy) is 2. The van der Waals surface area contributed by atoms with E-state index in [0.29, 0.717) is 17.1 Å². The number of methoxy groups -OCH3 is 1. The summed E-state index contributed by atoms with van der Waals surface area (Å²) in [6, 6.07) is 13.6. The first-order valence-corrected chi connectivity index (χ1v) is 10.4. The molecule has 1 aromatic heterocycles. The zero-order valence-electron chi connectivity index (χ0n) is 16.3. The molecule has 0 radical (unpaired) electrons. The topological polar surface area (TPSA) is 51.7 Å². The molecule has 0 N–H and O–H groups in total. The molecule has 0 unspecified atom stereocenters. The lowest BCUT2D eigenvalue weighted by Crippen LogP contribution is -2.30. The second-order valence-corrected chi connectivity index (χ2v) is 8.27. The average molecular weight is 397 g/mol. The fourth-order valence-corrected chi connectivity index (χ4v) is 4.73. The Balaban J connectivity index is 1.61. The van der Waals surface area contributed by atoms with E-state index in [0.717, 1.165) is 34.6 Å². The summed E-state index contributed by atoms with van der Waals surface area (Å²) in [5.74, 6) is 1.24. The number of rotatable bonds is 5. The van der Waals surface area contributed by atoms with Crippen molar-refractivity contribution in [2.75, 3.05) is 13.7 Å². The lowest BCUT2D eigenvalue weighted by Gasteiger charge is -2.23. The molecule has 28 heavy (non-hydrogen) atoms. The molecule has 1 fully saturated rings. The van der Waals surface area contributed by atoms with Crippen molar-refractivity contribution in [2.24, 2.45) is 0 Å². The number of likely N-dealkylation sites (tertiary alicyclic amines) is 1. The summed E-state index contributed by atoms with van der Waals surface area (Å²) in [6.45, 7) is 4.67. The van der Waals surface area contributed by atoms with Gasteiger partial charge in [0.2, 0.25) is 0 Å². The van der Waals surface area contributed by atoms with Crippen LogP contribution in [0.15, 0.2) is 42.5 Å². The molecular weight excluding hydrogens is 372 g/mol. The third kappa shape index (κ3) is 3.56. The summed E-state index contributed by atoms with van der Waals surface area (Å²) in [7, 11) is 1.59. The molecule has 1 aliphatic heterocycles. The maximum Gasteiger partial charge on any atom is 0.254 e. The molecule has 1 atom stereocenters. The van der Waals surface area contributed by atoms with E-state index in [-0.39, 0.29) is 18.1 Å². The van der Waals surface area contributed by atoms with Crippen LogP contribution in [0.3, 0.4) is 0 Å². The smallest absolute Gasteiger partial charge is 0.254 e. The normalized spacial score (nSPS) is 16.7. The largest absolute Gasteiger partial charge is 0.493 e. The van der Waals surface area contributed by atoms with E-state index >= 15 is 0 Å². The molecular formula is C22H24N2O3S. The fourth-order valence-electron chi connectivity index (χ4n) is 3.62. The van der Waals surface area contributed by atoms with E-state index in [2.05, 4.69) is 6.07 Å². The molecule has 5 nitrogen and oxygen atoms in total. The van der Waals surface area contributed by atoms with Crippen molar-refractivity contribution in [3.63, 3.8) is 0 Å². The van der Waals surface area contributed by atoms with Crippen molar-refractivity contribution in [2.45, 2.75) is 38.8 Å². The van der Waals surface area contributed by atoms with Crippen LogP contribution >= 0.6 is 11.3 Å². The van der Waals surface area contributed by atoms with E-state index in [1.807, 2.05) is 49.1 Å². The highest BCUT2D eigenvalue weighted by atomic mass is 32.1. The first-order chi connectivity index (χ1) is 13.6. The summed E-state index contributed by atoms with van der Waals surface area (Å²) in [5.41, 5.74) is 1.61. The van der Waals surface area contributed by atoms with E-state index < -0.39 is 0 Å². The van der Waals surface area contributed by atoms with Crippen molar-refractivity contribution in [1.29, 1.82) is 0 Å². The lowest BCUT2D eigenvalue weighted by atomic mass is 10.1. The Kier molecular flexibility index (Phi) is 5.22. The van der Waals surface area contributed by atoms with Crippen LogP contribution in [0.1, 0.15) is 48.1 Å². The lowest BCUT2D eigenvalue weighted by molar-refractivity contribution is 0.0735. The number of carbonyl (C=O) groups excluding carboxylic acids is 1. The van der Waals surface area contributed by atoms with Gasteiger partial charge in [-0.2, -0.15) is 0 Å². The van der Waals surface area contributed by atoms with Crippen LogP contribution in [-0.2, 0) is 0 Å². The standard InChI is InChI=1S/C22H24N2O3S/c1-14(2)27-18-11-10-15(13-19(18)26-3)22(25)24-12-6-8-17(24)21-23-16-7-4-5-9-20(16)28-21/h4-5,7,9-11,13-14,17H,6,8,12H2,1-3H3/t17-/m1/s1. The van der Waals surface area contributed by atoms with Gasteiger partial charge in [0.25, 0.3) is 5.91 Å². The van der Waals surface area contributed by atoms with Crippen LogP contribution in [0.25, 0.3) is 10.2 Å². The van der Waals surface area contributed by atoms with Crippen LogP contribution in [0.5, 0.6) is 11.5 Å². The maximum atomic E-state index is 13.3. The Morgan fingerprint density at radius 2 is 2.04 bits per heavy atom. The van der Waals surface area contributed by atoms with Crippen molar-refractivity contribution in [3.05, 3.63) is 53.0 Å². The maximum absolute atomic E-state index is 13.3. The molecule has 4 rings (SSSR count). The number of aromatic nitrogens is 1. The SMILES string of the molecule is COc1cc(C(=O)N2CCC[C@@H]2c2nc3ccccc3s2)ccc1OC(C)C. The van der Waals surface area contributed by atoms with Gasteiger partial charge in [-0.05, 0) is 57.0 Å². The summed E-state index contributed by atoms with van der Waals surface area (Å²) < 4.78 is 12.4. The molecule has 0 bridgehead atoms. The summed E-state index contributed by atoms with van der Waals surface area (Å²) in [4.78, 5) is 20.0. The predicted octanol–water partition coefficient (Wildman–Crippen LogP) is 5.07. The van der Waals surface area contributed by atoms with Crippen molar-refractivity contribution in [1.82, 2.24) is 9.88 Å². The summed E-state index contributed by atoms with van der Waals surface area (Å²) in [6.07, 6.45) is 1.97. The molecule has 1 amide bonds. The van der Waals surface area contributed by atoms with Crippen LogP contribution in [0.4, 0.5) is 0 Å². The van der Waals surface area contributed by atoms with Crippen molar-refractivity contribution in [3.8, 4) is 11.5 Å². The molecule has 0 spiro atoms. The molecule has 3 aromatic rings. The van der Waals surface area contributed by atoms with Gasteiger partial charge < -0.3 is 14.4 Å². The highest BCUT2D eigenvalue weighted by Crippen LogP contribution is 2.38. The number of hydrogen-bond donors (Lipinski definition) is 0. The molecule has 0 aliphatic carbocycles. The van der Waals surface area contributed by atoms with Gasteiger partial charge in [-0.1, -0.05) is 12.1 Å². The number of para-hydroxylation sites is 1. The van der Waals surface area contributed by atoms with Gasteiger partial charge in [-0.25, -0.2) is 4.98 Å². The predicted molar refractivity (Wildman–Crippen MR) is 111 cm³/mol. The van der Waals surface area contributed by atoms with Crippen molar-refractivity contribution < 1.29 is 14.3 Å². The Labute approximate surface area is 168 Å². The highest BCUT2D eigenvalue weighted by molar-refractivity contribution is 7.18. The first kappa shape index (κ1) is 18.7. The van der Waals surface area contributed by atoms with E-state index in [1.165, 1.54) is 0 Å². The van der Waals surface area contributed by atoms with Gasteiger partial charge in [0.05, 0.1) is 29.5 Å². The Hall–Kier alpha value is -2.60. The quantitative estimate of drug-likeness (QED) is 0.604. The van der Waals surface area contributed by atoms with Gasteiger partial charge >= 0.3 is 0 Å². The molecule has 146 valence electrons. The molecule has 2 aromatic carbocycles. The second kappa shape index (κ2) is 7.80. The molecule has 6 heteroatoms.